The topological polar surface area (TPSA) is 41.3 Å². The minimum Gasteiger partial charge on any atom is -0.360 e. The molecule has 1 saturated carbocycles. The highest BCUT2D eigenvalue weighted by molar-refractivity contribution is 5.05. The molecule has 20 heavy (non-hydrogen) atoms. The fraction of sp³-hybridized carbons (Fsp3) is 0.812. The first-order valence-electron chi connectivity index (χ1n) is 7.97. The van der Waals surface area contributed by atoms with E-state index in [0.717, 1.165) is 37.0 Å². The highest BCUT2D eigenvalue weighted by Crippen LogP contribution is 2.25. The molecule has 0 radical (unpaired) electrons. The average molecular weight is 279 g/mol. The zero-order valence-electron chi connectivity index (χ0n) is 13.2. The number of rotatable bonds is 8. The van der Waals surface area contributed by atoms with Crippen molar-refractivity contribution in [1.29, 1.82) is 0 Å². The first-order chi connectivity index (χ1) is 9.63. The van der Waals surface area contributed by atoms with Crippen LogP contribution in [0.4, 0.5) is 0 Å². The van der Waals surface area contributed by atoms with Crippen LogP contribution in [-0.4, -0.2) is 30.2 Å². The molecule has 4 nitrogen and oxygen atoms in total. The van der Waals surface area contributed by atoms with E-state index in [2.05, 4.69) is 42.3 Å². The van der Waals surface area contributed by atoms with Gasteiger partial charge in [-0.15, -0.1) is 0 Å². The van der Waals surface area contributed by atoms with Gasteiger partial charge in [0, 0.05) is 19.2 Å². The summed E-state index contributed by atoms with van der Waals surface area (Å²) in [5, 5.41) is 7.52. The quantitative estimate of drug-likeness (QED) is 0.794. The Kier molecular flexibility index (Phi) is 6.05. The van der Waals surface area contributed by atoms with Crippen molar-refractivity contribution >= 4 is 0 Å². The molecule has 0 aromatic carbocycles. The Labute approximate surface area is 122 Å². The predicted octanol–water partition coefficient (Wildman–Crippen LogP) is 3.04. The van der Waals surface area contributed by atoms with Crippen LogP contribution in [0.1, 0.15) is 51.0 Å². The molecular weight excluding hydrogens is 250 g/mol. The highest BCUT2D eigenvalue weighted by atomic mass is 16.5. The number of nitrogens with zero attached hydrogens (tertiary/aromatic N) is 2. The van der Waals surface area contributed by atoms with Crippen molar-refractivity contribution in [3.05, 3.63) is 17.5 Å². The van der Waals surface area contributed by atoms with E-state index in [4.69, 9.17) is 4.52 Å². The summed E-state index contributed by atoms with van der Waals surface area (Å²) in [5.41, 5.74) is 1.01. The van der Waals surface area contributed by atoms with Crippen molar-refractivity contribution in [2.24, 2.45) is 11.8 Å². The molecule has 0 spiro atoms. The molecule has 0 aliphatic heterocycles. The van der Waals surface area contributed by atoms with Crippen molar-refractivity contribution < 1.29 is 4.52 Å². The van der Waals surface area contributed by atoms with Crippen LogP contribution in [0, 0.1) is 11.8 Å². The van der Waals surface area contributed by atoms with Gasteiger partial charge in [-0.05, 0) is 38.3 Å². The molecule has 1 heterocycles. The van der Waals surface area contributed by atoms with Crippen molar-refractivity contribution in [3.8, 4) is 0 Å². The van der Waals surface area contributed by atoms with Gasteiger partial charge in [0.25, 0.3) is 0 Å². The number of hydrogen-bond donors (Lipinski definition) is 1. The molecule has 0 bridgehead atoms. The molecular formula is C16H29N3O. The molecule has 2 rings (SSSR count). The molecule has 114 valence electrons. The monoisotopic (exact) mass is 279 g/mol. The van der Waals surface area contributed by atoms with Crippen molar-refractivity contribution in [3.63, 3.8) is 0 Å². The van der Waals surface area contributed by atoms with Crippen LogP contribution in [0.25, 0.3) is 0 Å². The van der Waals surface area contributed by atoms with Gasteiger partial charge in [-0.2, -0.15) is 0 Å². The number of hydrogen-bond acceptors (Lipinski definition) is 4. The molecule has 0 unspecified atom stereocenters. The maximum atomic E-state index is 5.43. The van der Waals surface area contributed by atoms with E-state index in [-0.39, 0.29) is 0 Å². The largest absolute Gasteiger partial charge is 0.360 e. The minimum absolute atomic E-state index is 0.666. The molecule has 0 saturated heterocycles. The highest BCUT2D eigenvalue weighted by Gasteiger charge is 2.17. The Morgan fingerprint density at radius 3 is 2.85 bits per heavy atom. The fourth-order valence-electron chi connectivity index (χ4n) is 2.97. The standard InChI is InChI=1S/C16H29N3O/c1-13(2)9-17-10-15-8-16(20-18-15)12-19(3)11-14-6-4-5-7-14/h8,13-14,17H,4-7,9-12H2,1-3H3. The molecule has 0 atom stereocenters. The summed E-state index contributed by atoms with van der Waals surface area (Å²) in [6.45, 7) is 8.28. The van der Waals surface area contributed by atoms with Gasteiger partial charge >= 0.3 is 0 Å². The van der Waals surface area contributed by atoms with Crippen molar-refractivity contribution in [2.75, 3.05) is 20.1 Å². The Hall–Kier alpha value is -0.870. The van der Waals surface area contributed by atoms with Gasteiger partial charge in [0.15, 0.2) is 5.76 Å². The average Bonchev–Trinajstić information content (AvgIpc) is 3.01. The molecule has 4 heteroatoms. The lowest BCUT2D eigenvalue weighted by molar-refractivity contribution is 0.238. The number of aromatic nitrogens is 1. The smallest absolute Gasteiger partial charge is 0.151 e. The van der Waals surface area contributed by atoms with Gasteiger partial charge in [0.1, 0.15) is 0 Å². The fourth-order valence-corrected chi connectivity index (χ4v) is 2.97. The Balaban J connectivity index is 1.71. The lowest BCUT2D eigenvalue weighted by Gasteiger charge is -2.18. The van der Waals surface area contributed by atoms with Crippen LogP contribution in [0.5, 0.6) is 0 Å². The van der Waals surface area contributed by atoms with Crippen LogP contribution in [0.3, 0.4) is 0 Å². The summed E-state index contributed by atoms with van der Waals surface area (Å²) >= 11 is 0. The minimum atomic E-state index is 0.666. The Morgan fingerprint density at radius 1 is 1.40 bits per heavy atom. The summed E-state index contributed by atoms with van der Waals surface area (Å²) in [7, 11) is 2.18. The van der Waals surface area contributed by atoms with Crippen LogP contribution in [0.15, 0.2) is 10.6 Å². The third kappa shape index (κ3) is 5.25. The normalized spacial score (nSPS) is 16.6. The Bertz CT molecular complexity index is 383. The summed E-state index contributed by atoms with van der Waals surface area (Å²) in [4.78, 5) is 2.36. The molecule has 1 aliphatic rings. The van der Waals surface area contributed by atoms with Crippen LogP contribution in [-0.2, 0) is 13.1 Å². The van der Waals surface area contributed by atoms with E-state index < -0.39 is 0 Å². The molecule has 1 fully saturated rings. The van der Waals surface area contributed by atoms with E-state index >= 15 is 0 Å². The van der Waals surface area contributed by atoms with Crippen molar-refractivity contribution in [2.45, 2.75) is 52.6 Å². The third-order valence-electron chi connectivity index (χ3n) is 3.94. The lowest BCUT2D eigenvalue weighted by Crippen LogP contribution is -2.23. The van der Waals surface area contributed by atoms with Gasteiger partial charge in [-0.3, -0.25) is 4.90 Å². The maximum absolute atomic E-state index is 5.43. The van der Waals surface area contributed by atoms with Gasteiger partial charge in [-0.1, -0.05) is 31.8 Å². The summed E-state index contributed by atoms with van der Waals surface area (Å²) in [6, 6.07) is 2.08. The molecule has 1 aliphatic carbocycles. The third-order valence-corrected chi connectivity index (χ3v) is 3.94. The van der Waals surface area contributed by atoms with Crippen LogP contribution < -0.4 is 5.32 Å². The van der Waals surface area contributed by atoms with E-state index in [9.17, 15) is 0 Å². The van der Waals surface area contributed by atoms with Crippen molar-refractivity contribution in [1.82, 2.24) is 15.4 Å². The maximum Gasteiger partial charge on any atom is 0.151 e. The van der Waals surface area contributed by atoms with Gasteiger partial charge in [0.05, 0.1) is 12.2 Å². The first-order valence-corrected chi connectivity index (χ1v) is 7.97. The first kappa shape index (κ1) is 15.5. The van der Waals surface area contributed by atoms with Gasteiger partial charge in [-0.25, -0.2) is 0 Å². The second-order valence-corrected chi connectivity index (χ2v) is 6.66. The summed E-state index contributed by atoms with van der Waals surface area (Å²) in [5.74, 6) is 2.53. The second kappa shape index (κ2) is 7.79. The van der Waals surface area contributed by atoms with Crippen LogP contribution in [0.2, 0.25) is 0 Å². The van der Waals surface area contributed by atoms with Gasteiger partial charge in [0.2, 0.25) is 0 Å². The summed E-state index contributed by atoms with van der Waals surface area (Å²) < 4.78 is 5.43. The summed E-state index contributed by atoms with van der Waals surface area (Å²) in [6.07, 6.45) is 5.61. The van der Waals surface area contributed by atoms with E-state index in [1.54, 1.807) is 0 Å². The van der Waals surface area contributed by atoms with Crippen LogP contribution >= 0.6 is 0 Å². The zero-order valence-corrected chi connectivity index (χ0v) is 13.2. The van der Waals surface area contributed by atoms with E-state index in [0.29, 0.717) is 5.92 Å². The zero-order chi connectivity index (χ0) is 14.4. The van der Waals surface area contributed by atoms with E-state index in [1.807, 2.05) is 0 Å². The Morgan fingerprint density at radius 2 is 2.15 bits per heavy atom. The SMILES string of the molecule is CC(C)CNCc1cc(CN(C)CC2CCCC2)on1. The predicted molar refractivity (Wildman–Crippen MR) is 81.3 cm³/mol. The number of nitrogens with one attached hydrogen (secondary N) is 1. The molecule has 1 N–H and O–H groups in total. The molecule has 1 aromatic heterocycles. The molecule has 1 aromatic rings. The lowest BCUT2D eigenvalue weighted by atomic mass is 10.1. The van der Waals surface area contributed by atoms with E-state index in [1.165, 1.54) is 32.2 Å². The van der Waals surface area contributed by atoms with Gasteiger partial charge < -0.3 is 9.84 Å². The molecule has 0 amide bonds. The second-order valence-electron chi connectivity index (χ2n) is 6.66.